The van der Waals surface area contributed by atoms with Crippen LogP contribution >= 0.6 is 11.6 Å². The van der Waals surface area contributed by atoms with E-state index in [2.05, 4.69) is 12.2 Å². The van der Waals surface area contributed by atoms with Crippen LogP contribution in [0, 0.1) is 0 Å². The Morgan fingerprint density at radius 1 is 1.50 bits per heavy atom. The number of methoxy groups -OCH3 is 1. The summed E-state index contributed by atoms with van der Waals surface area (Å²) in [6.07, 6.45) is 2.26. The SMILES string of the molecule is CCC1NCCC1c1c(Cl)cccc1OC. The summed E-state index contributed by atoms with van der Waals surface area (Å²) < 4.78 is 5.42. The molecule has 1 aliphatic heterocycles. The van der Waals surface area contributed by atoms with E-state index < -0.39 is 0 Å². The first-order chi connectivity index (χ1) is 7.77. The van der Waals surface area contributed by atoms with Crippen molar-refractivity contribution in [2.75, 3.05) is 13.7 Å². The van der Waals surface area contributed by atoms with Gasteiger partial charge >= 0.3 is 0 Å². The topological polar surface area (TPSA) is 21.3 Å². The van der Waals surface area contributed by atoms with Gasteiger partial charge in [-0.3, -0.25) is 0 Å². The van der Waals surface area contributed by atoms with Gasteiger partial charge in [0.25, 0.3) is 0 Å². The lowest BCUT2D eigenvalue weighted by Crippen LogP contribution is -2.25. The molecular weight excluding hydrogens is 222 g/mol. The van der Waals surface area contributed by atoms with E-state index >= 15 is 0 Å². The Morgan fingerprint density at radius 3 is 3.00 bits per heavy atom. The molecule has 1 aromatic rings. The van der Waals surface area contributed by atoms with Crippen molar-refractivity contribution in [3.05, 3.63) is 28.8 Å². The van der Waals surface area contributed by atoms with Crippen LogP contribution in [0.1, 0.15) is 31.2 Å². The fourth-order valence-electron chi connectivity index (χ4n) is 2.60. The summed E-state index contributed by atoms with van der Waals surface area (Å²) in [6, 6.07) is 6.40. The van der Waals surface area contributed by atoms with E-state index in [-0.39, 0.29) is 0 Å². The van der Waals surface area contributed by atoms with E-state index in [1.165, 1.54) is 5.56 Å². The number of rotatable bonds is 3. The van der Waals surface area contributed by atoms with Gasteiger partial charge in [-0.05, 0) is 31.5 Å². The molecule has 1 saturated heterocycles. The zero-order chi connectivity index (χ0) is 11.5. The molecule has 1 aromatic carbocycles. The molecule has 1 fully saturated rings. The molecule has 2 atom stereocenters. The van der Waals surface area contributed by atoms with E-state index in [0.717, 1.165) is 30.2 Å². The zero-order valence-electron chi connectivity index (χ0n) is 9.79. The van der Waals surface area contributed by atoms with Gasteiger partial charge in [0.1, 0.15) is 5.75 Å². The normalized spacial score (nSPS) is 24.7. The number of halogens is 1. The maximum Gasteiger partial charge on any atom is 0.123 e. The largest absolute Gasteiger partial charge is 0.496 e. The Morgan fingerprint density at radius 2 is 2.31 bits per heavy atom. The molecule has 0 saturated carbocycles. The molecule has 0 spiro atoms. The van der Waals surface area contributed by atoms with Gasteiger partial charge in [-0.1, -0.05) is 24.6 Å². The predicted octanol–water partition coefficient (Wildman–Crippen LogP) is 3.20. The molecule has 16 heavy (non-hydrogen) atoms. The van der Waals surface area contributed by atoms with Crippen molar-refractivity contribution in [1.82, 2.24) is 5.32 Å². The van der Waals surface area contributed by atoms with E-state index in [1.54, 1.807) is 7.11 Å². The summed E-state index contributed by atoms with van der Waals surface area (Å²) in [5.41, 5.74) is 1.17. The fraction of sp³-hybridized carbons (Fsp3) is 0.538. The van der Waals surface area contributed by atoms with Gasteiger partial charge in [0.05, 0.1) is 7.11 Å². The predicted molar refractivity (Wildman–Crippen MR) is 67.4 cm³/mol. The van der Waals surface area contributed by atoms with Crippen molar-refractivity contribution in [1.29, 1.82) is 0 Å². The highest BCUT2D eigenvalue weighted by Gasteiger charge is 2.30. The van der Waals surface area contributed by atoms with Crippen molar-refractivity contribution in [2.24, 2.45) is 0 Å². The van der Waals surface area contributed by atoms with Gasteiger partial charge in [0, 0.05) is 22.5 Å². The second kappa shape index (κ2) is 5.07. The number of nitrogens with one attached hydrogen (secondary N) is 1. The average molecular weight is 240 g/mol. The minimum absolute atomic E-state index is 0.480. The van der Waals surface area contributed by atoms with Crippen molar-refractivity contribution >= 4 is 11.6 Å². The Balaban J connectivity index is 2.38. The van der Waals surface area contributed by atoms with Crippen molar-refractivity contribution in [2.45, 2.75) is 31.7 Å². The van der Waals surface area contributed by atoms with Crippen LogP contribution in [0.5, 0.6) is 5.75 Å². The molecule has 2 rings (SSSR count). The molecule has 1 N–H and O–H groups in total. The molecule has 88 valence electrons. The third-order valence-electron chi connectivity index (χ3n) is 3.39. The second-order valence-corrected chi connectivity index (χ2v) is 4.63. The second-order valence-electron chi connectivity index (χ2n) is 4.22. The number of benzene rings is 1. The molecule has 0 amide bonds. The minimum Gasteiger partial charge on any atom is -0.496 e. The lowest BCUT2D eigenvalue weighted by molar-refractivity contribution is 0.401. The fourth-order valence-corrected chi connectivity index (χ4v) is 2.90. The number of hydrogen-bond donors (Lipinski definition) is 1. The van der Waals surface area contributed by atoms with Gasteiger partial charge in [0.15, 0.2) is 0 Å². The van der Waals surface area contributed by atoms with E-state index in [0.29, 0.717) is 12.0 Å². The maximum atomic E-state index is 6.30. The van der Waals surface area contributed by atoms with Crippen LogP contribution in [0.2, 0.25) is 5.02 Å². The van der Waals surface area contributed by atoms with E-state index in [4.69, 9.17) is 16.3 Å². The smallest absolute Gasteiger partial charge is 0.123 e. The minimum atomic E-state index is 0.480. The van der Waals surface area contributed by atoms with Crippen LogP contribution in [-0.2, 0) is 0 Å². The summed E-state index contributed by atoms with van der Waals surface area (Å²) in [5, 5.41) is 4.34. The first kappa shape index (κ1) is 11.7. The highest BCUT2D eigenvalue weighted by atomic mass is 35.5. The highest BCUT2D eigenvalue weighted by Crippen LogP contribution is 2.39. The zero-order valence-corrected chi connectivity index (χ0v) is 10.6. The molecule has 2 nitrogen and oxygen atoms in total. The Kier molecular flexibility index (Phi) is 3.72. The van der Waals surface area contributed by atoms with Gasteiger partial charge in [0.2, 0.25) is 0 Å². The molecule has 0 bridgehead atoms. The number of ether oxygens (including phenoxy) is 1. The standard InChI is InChI=1S/C13H18ClNO/c1-3-11-9(7-8-15-11)13-10(14)5-4-6-12(13)16-2/h4-6,9,11,15H,3,7-8H2,1-2H3. The van der Waals surface area contributed by atoms with Crippen molar-refractivity contribution in [3.8, 4) is 5.75 Å². The Hall–Kier alpha value is -0.730. The van der Waals surface area contributed by atoms with Crippen LogP contribution in [0.15, 0.2) is 18.2 Å². The van der Waals surface area contributed by atoms with Crippen LogP contribution in [0.3, 0.4) is 0 Å². The highest BCUT2D eigenvalue weighted by molar-refractivity contribution is 6.31. The van der Waals surface area contributed by atoms with Gasteiger partial charge in [-0.15, -0.1) is 0 Å². The van der Waals surface area contributed by atoms with Crippen LogP contribution in [-0.4, -0.2) is 19.7 Å². The van der Waals surface area contributed by atoms with E-state index in [9.17, 15) is 0 Å². The maximum absolute atomic E-state index is 6.30. The van der Waals surface area contributed by atoms with Crippen molar-refractivity contribution < 1.29 is 4.74 Å². The average Bonchev–Trinajstić information content (AvgIpc) is 2.76. The molecule has 3 heteroatoms. The lowest BCUT2D eigenvalue weighted by atomic mass is 9.90. The first-order valence-corrected chi connectivity index (χ1v) is 6.21. The summed E-state index contributed by atoms with van der Waals surface area (Å²) >= 11 is 6.30. The number of hydrogen-bond acceptors (Lipinski definition) is 2. The van der Waals surface area contributed by atoms with Gasteiger partial charge in [-0.25, -0.2) is 0 Å². The molecule has 0 aromatic heterocycles. The van der Waals surface area contributed by atoms with Crippen LogP contribution < -0.4 is 10.1 Å². The Bertz CT molecular complexity index is 367. The van der Waals surface area contributed by atoms with Gasteiger partial charge in [-0.2, -0.15) is 0 Å². The quantitative estimate of drug-likeness (QED) is 0.875. The lowest BCUT2D eigenvalue weighted by Gasteiger charge is -2.21. The molecular formula is C13H18ClNO. The Labute approximate surface area is 102 Å². The molecule has 1 aliphatic rings. The third-order valence-corrected chi connectivity index (χ3v) is 3.72. The molecule has 1 heterocycles. The first-order valence-electron chi connectivity index (χ1n) is 5.83. The summed E-state index contributed by atoms with van der Waals surface area (Å²) in [5.74, 6) is 1.40. The van der Waals surface area contributed by atoms with Crippen LogP contribution in [0.4, 0.5) is 0 Å². The summed E-state index contributed by atoms with van der Waals surface area (Å²) in [4.78, 5) is 0. The summed E-state index contributed by atoms with van der Waals surface area (Å²) in [7, 11) is 1.71. The molecule has 0 radical (unpaired) electrons. The van der Waals surface area contributed by atoms with E-state index in [1.807, 2.05) is 18.2 Å². The van der Waals surface area contributed by atoms with Crippen LogP contribution in [0.25, 0.3) is 0 Å². The van der Waals surface area contributed by atoms with Crippen molar-refractivity contribution in [3.63, 3.8) is 0 Å². The molecule has 0 aliphatic carbocycles. The summed E-state index contributed by atoms with van der Waals surface area (Å²) in [6.45, 7) is 3.27. The van der Waals surface area contributed by atoms with Gasteiger partial charge < -0.3 is 10.1 Å². The third kappa shape index (κ3) is 2.04. The monoisotopic (exact) mass is 239 g/mol. The molecule has 2 unspecified atom stereocenters.